The number of esters is 2. The standard InChI is InChI=1S/C32H51F3O8Si2/c1-22(36)41-24-18-19-25(43-28(37)31(38-8,32(33,34)35)23-16-14-13-15-17-23)27(21-40-45(11,12)30(5,6)7)42-26(24)20-39-44(9,10)29(2,3)4/h13-19,24-27H,20-21H2,1-12H3/t24-,25+,26+,27-,31-/m0/s1. The van der Waals surface area contributed by atoms with E-state index >= 15 is 0 Å². The maximum absolute atomic E-state index is 14.7. The van der Waals surface area contributed by atoms with E-state index in [1.807, 2.05) is 33.9 Å². The van der Waals surface area contributed by atoms with Gasteiger partial charge in [0, 0.05) is 19.6 Å². The monoisotopic (exact) mass is 676 g/mol. The van der Waals surface area contributed by atoms with Crippen LogP contribution in [0.4, 0.5) is 13.2 Å². The number of alkyl halides is 3. The molecule has 0 radical (unpaired) electrons. The Morgan fingerprint density at radius 3 is 1.56 bits per heavy atom. The van der Waals surface area contributed by atoms with E-state index in [0.29, 0.717) is 0 Å². The molecular formula is C32H51F3O8Si2. The van der Waals surface area contributed by atoms with Crippen molar-refractivity contribution in [1.82, 2.24) is 0 Å². The van der Waals surface area contributed by atoms with E-state index in [1.165, 1.54) is 37.3 Å². The van der Waals surface area contributed by atoms with Crippen LogP contribution in [-0.2, 0) is 43.0 Å². The van der Waals surface area contributed by atoms with Crippen LogP contribution in [0.2, 0.25) is 36.3 Å². The van der Waals surface area contributed by atoms with Crippen LogP contribution < -0.4 is 0 Å². The van der Waals surface area contributed by atoms with Crippen LogP contribution in [0.3, 0.4) is 0 Å². The summed E-state index contributed by atoms with van der Waals surface area (Å²) in [7, 11) is -3.89. The lowest BCUT2D eigenvalue weighted by Gasteiger charge is -2.40. The summed E-state index contributed by atoms with van der Waals surface area (Å²) in [5, 5.41) is -0.328. The highest BCUT2D eigenvalue weighted by atomic mass is 28.4. The number of methoxy groups -OCH3 is 1. The van der Waals surface area contributed by atoms with E-state index in [9.17, 15) is 22.8 Å². The fourth-order valence-corrected chi connectivity index (χ4v) is 6.17. The zero-order valence-corrected chi connectivity index (χ0v) is 30.7. The normalized spacial score (nSPS) is 23.2. The molecule has 5 atom stereocenters. The molecule has 1 aliphatic heterocycles. The minimum Gasteiger partial charge on any atom is -0.455 e. The highest BCUT2D eigenvalue weighted by Gasteiger charge is 2.64. The summed E-state index contributed by atoms with van der Waals surface area (Å²) in [5.74, 6) is -2.26. The fourth-order valence-electron chi connectivity index (χ4n) is 4.14. The van der Waals surface area contributed by atoms with Gasteiger partial charge in [-0.1, -0.05) is 71.9 Å². The number of hydrogen-bond acceptors (Lipinski definition) is 8. The highest BCUT2D eigenvalue weighted by Crippen LogP contribution is 2.44. The number of ether oxygens (including phenoxy) is 4. The smallest absolute Gasteiger partial charge is 0.432 e. The van der Waals surface area contributed by atoms with E-state index in [4.69, 9.17) is 27.8 Å². The van der Waals surface area contributed by atoms with Gasteiger partial charge in [-0.3, -0.25) is 4.79 Å². The molecule has 0 saturated heterocycles. The molecule has 1 heterocycles. The third-order valence-electron chi connectivity index (χ3n) is 9.12. The Hall–Kier alpha value is -2.04. The van der Waals surface area contributed by atoms with Crippen molar-refractivity contribution in [1.29, 1.82) is 0 Å². The fraction of sp³-hybridized carbons (Fsp3) is 0.688. The maximum Gasteiger partial charge on any atom is 0.432 e. The van der Waals surface area contributed by atoms with E-state index in [2.05, 4.69) is 33.9 Å². The molecule has 0 N–H and O–H groups in total. The van der Waals surface area contributed by atoms with Crippen molar-refractivity contribution >= 4 is 28.6 Å². The maximum atomic E-state index is 14.7. The van der Waals surface area contributed by atoms with E-state index in [0.717, 1.165) is 19.2 Å². The molecule has 45 heavy (non-hydrogen) atoms. The van der Waals surface area contributed by atoms with Gasteiger partial charge in [0.05, 0.1) is 13.2 Å². The van der Waals surface area contributed by atoms with E-state index in [1.54, 1.807) is 0 Å². The quantitative estimate of drug-likeness (QED) is 0.137. The van der Waals surface area contributed by atoms with Gasteiger partial charge >= 0.3 is 18.1 Å². The molecule has 0 amide bonds. The Kier molecular flexibility index (Phi) is 12.5. The zero-order chi connectivity index (χ0) is 34.6. The van der Waals surface area contributed by atoms with Gasteiger partial charge in [0.2, 0.25) is 0 Å². The second kappa shape index (κ2) is 14.4. The molecule has 0 bridgehead atoms. The largest absolute Gasteiger partial charge is 0.455 e. The van der Waals surface area contributed by atoms with Gasteiger partial charge in [0.25, 0.3) is 5.60 Å². The molecule has 256 valence electrons. The van der Waals surface area contributed by atoms with Crippen molar-refractivity contribution in [2.75, 3.05) is 20.3 Å². The van der Waals surface area contributed by atoms with Crippen LogP contribution in [0.1, 0.15) is 54.0 Å². The molecule has 0 aliphatic carbocycles. The number of hydrogen-bond donors (Lipinski definition) is 0. The summed E-state index contributed by atoms with van der Waals surface area (Å²) in [6, 6.07) is 6.59. The number of rotatable bonds is 11. The molecule has 0 spiro atoms. The Bertz CT molecular complexity index is 1180. The average molecular weight is 677 g/mol. The predicted octanol–water partition coefficient (Wildman–Crippen LogP) is 7.30. The first kappa shape index (κ1) is 39.1. The molecule has 1 aromatic rings. The number of carbonyl (C=O) groups excluding carboxylic acids is 2. The summed E-state index contributed by atoms with van der Waals surface area (Å²) in [4.78, 5) is 25.7. The summed E-state index contributed by atoms with van der Waals surface area (Å²) in [5.41, 5.74) is -3.84. The second-order valence-corrected chi connectivity index (χ2v) is 24.1. The van der Waals surface area contributed by atoms with Crippen LogP contribution in [0, 0.1) is 0 Å². The third-order valence-corrected chi connectivity index (χ3v) is 18.1. The molecule has 13 heteroatoms. The van der Waals surface area contributed by atoms with Crippen molar-refractivity contribution in [3.63, 3.8) is 0 Å². The summed E-state index contributed by atoms with van der Waals surface area (Å²) >= 11 is 0. The van der Waals surface area contributed by atoms with Crippen molar-refractivity contribution in [2.24, 2.45) is 0 Å². The zero-order valence-electron chi connectivity index (χ0n) is 28.7. The van der Waals surface area contributed by atoms with Gasteiger partial charge in [-0.2, -0.15) is 13.2 Å². The van der Waals surface area contributed by atoms with Gasteiger partial charge in [0.15, 0.2) is 16.6 Å². The Morgan fingerprint density at radius 1 is 0.778 bits per heavy atom. The lowest BCUT2D eigenvalue weighted by Crippen LogP contribution is -2.54. The predicted molar refractivity (Wildman–Crippen MR) is 171 cm³/mol. The van der Waals surface area contributed by atoms with Crippen LogP contribution in [0.15, 0.2) is 42.5 Å². The first-order valence-electron chi connectivity index (χ1n) is 15.1. The van der Waals surface area contributed by atoms with Crippen LogP contribution in [0.5, 0.6) is 0 Å². The lowest BCUT2D eigenvalue weighted by molar-refractivity contribution is -0.279. The van der Waals surface area contributed by atoms with Gasteiger partial charge in [-0.15, -0.1) is 0 Å². The first-order valence-corrected chi connectivity index (χ1v) is 20.9. The molecule has 0 aromatic heterocycles. The topological polar surface area (TPSA) is 89.5 Å². The van der Waals surface area contributed by atoms with Crippen molar-refractivity contribution in [3.05, 3.63) is 48.0 Å². The Balaban J connectivity index is 2.58. The molecule has 0 fully saturated rings. The number of halogens is 3. The molecule has 2 rings (SSSR count). The van der Waals surface area contributed by atoms with Gasteiger partial charge in [0.1, 0.15) is 24.4 Å². The van der Waals surface area contributed by atoms with Gasteiger partial charge in [-0.05, 0) is 48.4 Å². The van der Waals surface area contributed by atoms with E-state index < -0.39 is 70.3 Å². The molecule has 1 aromatic carbocycles. The van der Waals surface area contributed by atoms with E-state index in [-0.39, 0.29) is 23.3 Å². The molecular weight excluding hydrogens is 626 g/mol. The van der Waals surface area contributed by atoms with Crippen molar-refractivity contribution in [2.45, 2.75) is 121 Å². The van der Waals surface area contributed by atoms with Crippen LogP contribution in [-0.4, -0.2) is 79.5 Å². The van der Waals surface area contributed by atoms with Gasteiger partial charge in [-0.25, -0.2) is 4.79 Å². The SMILES string of the molecule is CO[C@](C(=O)O[C@@H]1C=C[C@H](OC(C)=O)[C@@H](CO[Si](C)(C)C(C)(C)C)O[C@H]1CO[Si](C)(C)C(C)(C)C)(c1ccccc1)C(F)(F)F. The minimum absolute atomic E-state index is 0.0324. The molecule has 8 nitrogen and oxygen atoms in total. The summed E-state index contributed by atoms with van der Waals surface area (Å²) in [6.45, 7) is 21.7. The summed E-state index contributed by atoms with van der Waals surface area (Å²) < 4.78 is 79.5. The van der Waals surface area contributed by atoms with Crippen molar-refractivity contribution < 1.29 is 50.6 Å². The second-order valence-electron chi connectivity index (χ2n) is 14.4. The lowest BCUT2D eigenvalue weighted by atomic mass is 9.92. The molecule has 1 aliphatic rings. The van der Waals surface area contributed by atoms with Gasteiger partial charge < -0.3 is 27.8 Å². The molecule has 0 saturated carbocycles. The average Bonchev–Trinajstić information content (AvgIpc) is 3.04. The highest BCUT2D eigenvalue weighted by molar-refractivity contribution is 6.74. The molecule has 0 unspecified atom stereocenters. The van der Waals surface area contributed by atoms with Crippen LogP contribution >= 0.6 is 0 Å². The number of carbonyl (C=O) groups is 2. The van der Waals surface area contributed by atoms with Crippen LogP contribution in [0.25, 0.3) is 0 Å². The Labute approximate surface area is 268 Å². The number of benzene rings is 1. The minimum atomic E-state index is -5.16. The van der Waals surface area contributed by atoms with Crippen molar-refractivity contribution in [3.8, 4) is 0 Å². The summed E-state index contributed by atoms with van der Waals surface area (Å²) in [6.07, 6.45) is -6.54. The third kappa shape index (κ3) is 9.28. The Morgan fingerprint density at radius 2 is 1.20 bits per heavy atom. The first-order chi connectivity index (χ1) is 20.4.